The van der Waals surface area contributed by atoms with Crippen molar-refractivity contribution in [1.82, 2.24) is 9.88 Å². The molecule has 2 aliphatic rings. The molecule has 0 unspecified atom stereocenters. The minimum atomic E-state index is -0.145. The largest absolute Gasteiger partial charge is 0.332 e. The lowest BCUT2D eigenvalue weighted by atomic mass is 9.89. The van der Waals surface area contributed by atoms with Crippen LogP contribution in [0.3, 0.4) is 0 Å². The van der Waals surface area contributed by atoms with Crippen LogP contribution in [0.1, 0.15) is 34.5 Å². The summed E-state index contributed by atoms with van der Waals surface area (Å²) in [5, 5.41) is 0. The van der Waals surface area contributed by atoms with Crippen molar-refractivity contribution in [2.45, 2.75) is 25.3 Å². The van der Waals surface area contributed by atoms with Crippen molar-refractivity contribution in [2.75, 3.05) is 7.05 Å². The maximum atomic E-state index is 13.1. The Morgan fingerprint density at radius 2 is 1.63 bits per heavy atom. The highest BCUT2D eigenvalue weighted by atomic mass is 35.5. The average Bonchev–Trinajstić information content (AvgIpc) is 3.49. The normalized spacial score (nSPS) is 16.2. The van der Waals surface area contributed by atoms with E-state index in [4.69, 9.17) is 0 Å². The zero-order chi connectivity index (χ0) is 17.9. The predicted octanol–water partition coefficient (Wildman–Crippen LogP) is 5.22. The van der Waals surface area contributed by atoms with E-state index in [2.05, 4.69) is 35.3 Å². The molecule has 4 heteroatoms. The number of hydrogen-bond acceptors (Lipinski definition) is 2. The predicted molar refractivity (Wildman–Crippen MR) is 110 cm³/mol. The molecule has 0 saturated heterocycles. The quantitative estimate of drug-likeness (QED) is 0.583. The fourth-order valence-electron chi connectivity index (χ4n) is 4.31. The number of carbonyl (C=O) groups excluding carboxylic acids is 1. The van der Waals surface area contributed by atoms with Gasteiger partial charge in [-0.3, -0.25) is 9.78 Å². The van der Waals surface area contributed by atoms with Crippen molar-refractivity contribution in [1.29, 1.82) is 0 Å². The lowest BCUT2D eigenvalue weighted by Gasteiger charge is -2.27. The van der Waals surface area contributed by atoms with E-state index in [1.165, 1.54) is 11.1 Å². The maximum Gasteiger partial charge on any atom is 0.254 e. The van der Waals surface area contributed by atoms with Crippen molar-refractivity contribution in [3.63, 3.8) is 0 Å². The number of aromatic nitrogens is 1. The number of benzene rings is 2. The van der Waals surface area contributed by atoms with E-state index in [1.807, 2.05) is 49.3 Å². The summed E-state index contributed by atoms with van der Waals surface area (Å²) < 4.78 is 0. The molecule has 0 radical (unpaired) electrons. The minimum absolute atomic E-state index is 0. The summed E-state index contributed by atoms with van der Waals surface area (Å²) in [6, 6.07) is 18.7. The van der Waals surface area contributed by atoms with Crippen LogP contribution in [0.4, 0.5) is 0 Å². The lowest BCUT2D eigenvalue weighted by Crippen LogP contribution is -2.36. The van der Waals surface area contributed by atoms with Crippen LogP contribution in [0.2, 0.25) is 0 Å². The summed E-state index contributed by atoms with van der Waals surface area (Å²) in [6.07, 6.45) is 3.88. The summed E-state index contributed by atoms with van der Waals surface area (Å²) in [5.74, 6) is 0.119. The molecule has 0 atom stereocenters. The van der Waals surface area contributed by atoms with Crippen LogP contribution in [0.25, 0.3) is 22.3 Å². The molecule has 27 heavy (non-hydrogen) atoms. The molecule has 1 fully saturated rings. The molecule has 1 aromatic heterocycles. The molecular weight excluding hydrogens is 356 g/mol. The molecule has 1 aliphatic heterocycles. The van der Waals surface area contributed by atoms with Crippen LogP contribution in [-0.4, -0.2) is 22.8 Å². The third kappa shape index (κ3) is 2.49. The van der Waals surface area contributed by atoms with Crippen molar-refractivity contribution in [2.24, 2.45) is 0 Å². The van der Waals surface area contributed by atoms with Crippen LogP contribution in [0.5, 0.6) is 0 Å². The second-order valence-corrected chi connectivity index (χ2v) is 7.34. The van der Waals surface area contributed by atoms with Gasteiger partial charge in [0.25, 0.3) is 5.91 Å². The van der Waals surface area contributed by atoms with Gasteiger partial charge >= 0.3 is 0 Å². The van der Waals surface area contributed by atoms with Gasteiger partial charge in [-0.25, -0.2) is 0 Å². The molecule has 0 bridgehead atoms. The van der Waals surface area contributed by atoms with Gasteiger partial charge in [0.1, 0.15) is 0 Å². The standard InChI is InChI=1S/C23H20N2O.ClH/c1-15-17(8-5-13-24-15)16-9-10-21-20(14-16)18-6-3-4-7-19(18)22(26)25(2)23(21)11-12-23;/h3-10,13-14H,11-12H2,1-2H3;1H. The van der Waals surface area contributed by atoms with Gasteiger partial charge in [0.2, 0.25) is 0 Å². The maximum absolute atomic E-state index is 13.1. The summed E-state index contributed by atoms with van der Waals surface area (Å²) in [6.45, 7) is 2.04. The first-order valence-electron chi connectivity index (χ1n) is 9.06. The van der Waals surface area contributed by atoms with E-state index < -0.39 is 0 Å². The third-order valence-corrected chi connectivity index (χ3v) is 5.96. The number of pyridine rings is 1. The van der Waals surface area contributed by atoms with Gasteiger partial charge in [-0.1, -0.05) is 36.4 Å². The van der Waals surface area contributed by atoms with Crippen LogP contribution >= 0.6 is 12.4 Å². The van der Waals surface area contributed by atoms with E-state index in [9.17, 15) is 4.79 Å². The number of aryl methyl sites for hydroxylation is 1. The Morgan fingerprint density at radius 3 is 2.33 bits per heavy atom. The first kappa shape index (κ1) is 17.7. The molecule has 3 nitrogen and oxygen atoms in total. The first-order chi connectivity index (χ1) is 12.6. The van der Waals surface area contributed by atoms with Crippen molar-refractivity contribution >= 4 is 18.3 Å². The fourth-order valence-corrected chi connectivity index (χ4v) is 4.31. The van der Waals surface area contributed by atoms with E-state index >= 15 is 0 Å². The van der Waals surface area contributed by atoms with Gasteiger partial charge in [-0.05, 0) is 60.2 Å². The zero-order valence-corrected chi connectivity index (χ0v) is 16.2. The average molecular weight is 377 g/mol. The third-order valence-electron chi connectivity index (χ3n) is 5.96. The van der Waals surface area contributed by atoms with Crippen molar-refractivity contribution < 1.29 is 4.79 Å². The highest BCUT2D eigenvalue weighted by molar-refractivity contribution is 6.04. The van der Waals surface area contributed by atoms with Crippen LogP contribution < -0.4 is 0 Å². The van der Waals surface area contributed by atoms with Gasteiger partial charge in [0.05, 0.1) is 5.54 Å². The van der Waals surface area contributed by atoms with E-state index in [0.717, 1.165) is 40.8 Å². The Bertz CT molecular complexity index is 1060. The molecule has 2 heterocycles. The lowest BCUT2D eigenvalue weighted by molar-refractivity contribution is 0.0710. The zero-order valence-electron chi connectivity index (χ0n) is 15.4. The monoisotopic (exact) mass is 376 g/mol. The summed E-state index contributed by atoms with van der Waals surface area (Å²) in [5.41, 5.74) is 7.43. The van der Waals surface area contributed by atoms with Gasteiger partial charge in [0.15, 0.2) is 0 Å². The van der Waals surface area contributed by atoms with Crippen LogP contribution in [-0.2, 0) is 5.54 Å². The number of fused-ring (bicyclic) bond motifs is 4. The first-order valence-corrected chi connectivity index (χ1v) is 9.06. The van der Waals surface area contributed by atoms with E-state index in [1.54, 1.807) is 0 Å². The molecule has 3 aromatic rings. The van der Waals surface area contributed by atoms with Crippen LogP contribution in [0.15, 0.2) is 60.8 Å². The Balaban J connectivity index is 0.00000180. The Hall–Kier alpha value is -2.65. The topological polar surface area (TPSA) is 33.2 Å². The smallest absolute Gasteiger partial charge is 0.254 e. The van der Waals surface area contributed by atoms with Gasteiger partial charge in [-0.15, -0.1) is 12.4 Å². The number of carbonyl (C=O) groups is 1. The van der Waals surface area contributed by atoms with E-state index in [0.29, 0.717) is 0 Å². The summed E-state index contributed by atoms with van der Waals surface area (Å²) >= 11 is 0. The second kappa shape index (κ2) is 6.21. The van der Waals surface area contributed by atoms with Crippen molar-refractivity contribution in [3.05, 3.63) is 77.6 Å². The Labute approximate surface area is 165 Å². The number of hydrogen-bond donors (Lipinski definition) is 0. The van der Waals surface area contributed by atoms with Gasteiger partial charge < -0.3 is 4.90 Å². The van der Waals surface area contributed by atoms with Gasteiger partial charge in [0, 0.05) is 30.1 Å². The molecule has 1 saturated carbocycles. The fraction of sp³-hybridized carbons (Fsp3) is 0.217. The highest BCUT2D eigenvalue weighted by Gasteiger charge is 2.52. The number of rotatable bonds is 1. The van der Waals surface area contributed by atoms with Crippen molar-refractivity contribution in [3.8, 4) is 22.3 Å². The van der Waals surface area contributed by atoms with Gasteiger partial charge in [-0.2, -0.15) is 0 Å². The summed E-state index contributed by atoms with van der Waals surface area (Å²) in [7, 11) is 1.94. The molecule has 136 valence electrons. The van der Waals surface area contributed by atoms with E-state index in [-0.39, 0.29) is 23.9 Å². The molecule has 1 amide bonds. The Kier molecular flexibility index (Phi) is 4.08. The second-order valence-electron chi connectivity index (χ2n) is 7.34. The molecule has 0 N–H and O–H groups in total. The van der Waals surface area contributed by atoms with Crippen LogP contribution in [0, 0.1) is 6.92 Å². The molecule has 5 rings (SSSR count). The number of amides is 1. The molecule has 1 spiro atoms. The Morgan fingerprint density at radius 1 is 0.926 bits per heavy atom. The molecular formula is C23H21ClN2O. The summed E-state index contributed by atoms with van der Waals surface area (Å²) in [4.78, 5) is 19.5. The number of halogens is 1. The highest BCUT2D eigenvalue weighted by Crippen LogP contribution is 2.56. The number of nitrogens with zero attached hydrogens (tertiary/aromatic N) is 2. The molecule has 2 aromatic carbocycles. The minimum Gasteiger partial charge on any atom is -0.332 e. The molecule has 1 aliphatic carbocycles. The SMILES string of the molecule is Cc1ncccc1-c1ccc2c(c1)-c1ccccc1C(=O)N(C)C21CC1.Cl.